The summed E-state index contributed by atoms with van der Waals surface area (Å²) in [6.07, 6.45) is 0.780. The van der Waals surface area contributed by atoms with E-state index in [0.29, 0.717) is 12.3 Å². The summed E-state index contributed by atoms with van der Waals surface area (Å²) in [6.45, 7) is 7.63. The average Bonchev–Trinajstić information content (AvgIpc) is 2.48. The minimum atomic E-state index is -0.843. The molecule has 1 aliphatic heterocycles. The maximum absolute atomic E-state index is 13.5. The van der Waals surface area contributed by atoms with Gasteiger partial charge in [-0.15, -0.1) is 24.2 Å². The zero-order chi connectivity index (χ0) is 17.0. The Morgan fingerprint density at radius 3 is 2.67 bits per heavy atom. The molecule has 1 aromatic rings. The minimum absolute atomic E-state index is 0. The lowest BCUT2D eigenvalue weighted by molar-refractivity contribution is -0.119. The van der Waals surface area contributed by atoms with Crippen molar-refractivity contribution >= 4 is 30.1 Å². The number of halogens is 3. The van der Waals surface area contributed by atoms with Crippen LogP contribution in [0, 0.1) is 11.6 Å². The van der Waals surface area contributed by atoms with Crippen LogP contribution in [0.3, 0.4) is 0 Å². The van der Waals surface area contributed by atoms with Crippen molar-refractivity contribution in [2.24, 2.45) is 0 Å². The molecule has 0 radical (unpaired) electrons. The first-order chi connectivity index (χ1) is 10.8. The lowest BCUT2D eigenvalue weighted by Gasteiger charge is -2.33. The lowest BCUT2D eigenvalue weighted by atomic mass is 9.86. The Morgan fingerprint density at radius 1 is 1.33 bits per heavy atom. The van der Waals surface area contributed by atoms with Crippen molar-refractivity contribution in [2.75, 3.05) is 18.8 Å². The molecule has 1 aliphatic rings. The third kappa shape index (κ3) is 6.22. The number of piperidine rings is 1. The molecule has 1 amide bonds. The zero-order valence-electron chi connectivity index (χ0n) is 14.2. The van der Waals surface area contributed by atoms with Gasteiger partial charge in [-0.25, -0.2) is 8.78 Å². The Balaban J connectivity index is 0.00000288. The number of benzene rings is 1. The normalized spacial score (nSPS) is 21.0. The van der Waals surface area contributed by atoms with Gasteiger partial charge in [-0.3, -0.25) is 4.79 Å². The van der Waals surface area contributed by atoms with Crippen LogP contribution < -0.4 is 10.6 Å². The van der Waals surface area contributed by atoms with Gasteiger partial charge in [0.2, 0.25) is 5.91 Å². The molecule has 136 valence electrons. The average molecular weight is 379 g/mol. The van der Waals surface area contributed by atoms with E-state index in [2.05, 4.69) is 31.4 Å². The van der Waals surface area contributed by atoms with Crippen LogP contribution >= 0.6 is 24.2 Å². The monoisotopic (exact) mass is 378 g/mol. The summed E-state index contributed by atoms with van der Waals surface area (Å²) < 4.78 is 26.6. The number of hydrogen-bond acceptors (Lipinski definition) is 3. The Bertz CT molecular complexity index is 566. The van der Waals surface area contributed by atoms with Crippen molar-refractivity contribution < 1.29 is 13.6 Å². The highest BCUT2D eigenvalue weighted by Gasteiger charge is 2.28. The molecule has 1 heterocycles. The van der Waals surface area contributed by atoms with Gasteiger partial charge in [-0.05, 0) is 30.7 Å². The molecule has 0 bridgehead atoms. The third-order valence-corrected chi connectivity index (χ3v) is 5.11. The van der Waals surface area contributed by atoms with Crippen LogP contribution in [0.15, 0.2) is 18.2 Å². The second-order valence-corrected chi connectivity index (χ2v) is 8.65. The Labute approximate surface area is 152 Å². The SMILES string of the molecule is CC(C)(C)SCC(=O)NC1CNCCC1c1ccc(F)c(F)c1.Cl. The van der Waals surface area contributed by atoms with Gasteiger partial charge in [-0.1, -0.05) is 26.8 Å². The van der Waals surface area contributed by atoms with E-state index in [1.54, 1.807) is 17.8 Å². The highest BCUT2D eigenvalue weighted by atomic mass is 35.5. The van der Waals surface area contributed by atoms with E-state index in [4.69, 9.17) is 0 Å². The molecule has 1 saturated heterocycles. The van der Waals surface area contributed by atoms with Crippen LogP contribution in [0.5, 0.6) is 0 Å². The van der Waals surface area contributed by atoms with Crippen molar-refractivity contribution in [3.63, 3.8) is 0 Å². The largest absolute Gasteiger partial charge is 0.351 e. The smallest absolute Gasteiger partial charge is 0.230 e. The van der Waals surface area contributed by atoms with Crippen LogP contribution in [0.2, 0.25) is 0 Å². The van der Waals surface area contributed by atoms with Gasteiger partial charge in [0.15, 0.2) is 11.6 Å². The summed E-state index contributed by atoms with van der Waals surface area (Å²) in [5.41, 5.74) is 0.735. The van der Waals surface area contributed by atoms with Crippen LogP contribution in [-0.2, 0) is 4.79 Å². The second kappa shape index (κ2) is 9.02. The summed E-state index contributed by atoms with van der Waals surface area (Å²) in [7, 11) is 0. The maximum Gasteiger partial charge on any atom is 0.230 e. The van der Waals surface area contributed by atoms with Crippen molar-refractivity contribution in [1.29, 1.82) is 0 Å². The van der Waals surface area contributed by atoms with Crippen molar-refractivity contribution in [2.45, 2.75) is 43.9 Å². The van der Waals surface area contributed by atoms with E-state index in [0.717, 1.165) is 24.6 Å². The molecule has 1 fully saturated rings. The predicted molar refractivity (Wildman–Crippen MR) is 98.0 cm³/mol. The van der Waals surface area contributed by atoms with E-state index < -0.39 is 11.6 Å². The molecular weight excluding hydrogens is 354 g/mol. The van der Waals surface area contributed by atoms with Gasteiger partial charge in [0.25, 0.3) is 0 Å². The number of thioether (sulfide) groups is 1. The maximum atomic E-state index is 13.5. The second-order valence-electron chi connectivity index (χ2n) is 6.85. The highest BCUT2D eigenvalue weighted by Crippen LogP contribution is 2.27. The van der Waals surface area contributed by atoms with Crippen molar-refractivity contribution in [3.05, 3.63) is 35.4 Å². The quantitative estimate of drug-likeness (QED) is 0.842. The van der Waals surface area contributed by atoms with Gasteiger partial charge in [0, 0.05) is 23.3 Å². The van der Waals surface area contributed by atoms with Crippen LogP contribution in [0.25, 0.3) is 0 Å². The minimum Gasteiger partial charge on any atom is -0.351 e. The molecule has 2 rings (SSSR count). The van der Waals surface area contributed by atoms with Gasteiger partial charge < -0.3 is 10.6 Å². The molecule has 0 spiro atoms. The van der Waals surface area contributed by atoms with Gasteiger partial charge in [-0.2, -0.15) is 0 Å². The van der Waals surface area contributed by atoms with E-state index in [1.165, 1.54) is 6.07 Å². The first-order valence-electron chi connectivity index (χ1n) is 7.85. The Hall–Kier alpha value is -0.850. The molecule has 0 aromatic heterocycles. The standard InChI is InChI=1S/C17H24F2N2OS.ClH/c1-17(2,3)23-10-16(22)21-15-9-20-7-6-12(15)11-4-5-13(18)14(19)8-11;/h4-5,8,12,15,20H,6-7,9-10H2,1-3H3,(H,21,22);1H. The van der Waals surface area contributed by atoms with Crippen LogP contribution in [-0.4, -0.2) is 35.5 Å². The van der Waals surface area contributed by atoms with Crippen molar-refractivity contribution in [1.82, 2.24) is 10.6 Å². The molecule has 0 saturated carbocycles. The van der Waals surface area contributed by atoms with Gasteiger partial charge >= 0.3 is 0 Å². The van der Waals surface area contributed by atoms with Gasteiger partial charge in [0.1, 0.15) is 0 Å². The summed E-state index contributed by atoms with van der Waals surface area (Å²) >= 11 is 1.59. The Kier molecular flexibility index (Phi) is 7.96. The van der Waals surface area contributed by atoms with E-state index in [9.17, 15) is 13.6 Å². The highest BCUT2D eigenvalue weighted by molar-refractivity contribution is 8.01. The number of carbonyl (C=O) groups is 1. The molecule has 24 heavy (non-hydrogen) atoms. The number of hydrogen-bond donors (Lipinski definition) is 2. The van der Waals surface area contributed by atoms with E-state index in [-0.39, 0.29) is 35.0 Å². The van der Waals surface area contributed by atoms with Gasteiger partial charge in [0.05, 0.1) is 5.75 Å². The summed E-state index contributed by atoms with van der Waals surface area (Å²) in [5, 5.41) is 6.28. The van der Waals surface area contributed by atoms with Crippen LogP contribution in [0.4, 0.5) is 8.78 Å². The number of nitrogens with one attached hydrogen (secondary N) is 2. The fourth-order valence-electron chi connectivity index (χ4n) is 2.68. The molecule has 2 atom stereocenters. The lowest BCUT2D eigenvalue weighted by Crippen LogP contribution is -2.50. The first-order valence-corrected chi connectivity index (χ1v) is 8.84. The fraction of sp³-hybridized carbons (Fsp3) is 0.588. The number of rotatable bonds is 4. The van der Waals surface area contributed by atoms with Crippen LogP contribution in [0.1, 0.15) is 38.7 Å². The molecule has 0 aliphatic carbocycles. The van der Waals surface area contributed by atoms with E-state index >= 15 is 0 Å². The molecule has 2 unspecified atom stereocenters. The fourth-order valence-corrected chi connectivity index (χ4v) is 3.33. The van der Waals surface area contributed by atoms with Crippen molar-refractivity contribution in [3.8, 4) is 0 Å². The summed E-state index contributed by atoms with van der Waals surface area (Å²) in [5.74, 6) is -1.31. The first kappa shape index (κ1) is 21.2. The molecule has 1 aromatic carbocycles. The summed E-state index contributed by atoms with van der Waals surface area (Å²) in [4.78, 5) is 12.2. The number of amides is 1. The molecule has 3 nitrogen and oxygen atoms in total. The predicted octanol–water partition coefficient (Wildman–Crippen LogP) is 3.48. The molecule has 2 N–H and O–H groups in total. The molecule has 7 heteroatoms. The third-order valence-electron chi connectivity index (χ3n) is 3.84. The van der Waals surface area contributed by atoms with E-state index in [1.807, 2.05) is 0 Å². The number of carbonyl (C=O) groups excluding carboxylic acids is 1. The topological polar surface area (TPSA) is 41.1 Å². The Morgan fingerprint density at radius 2 is 2.04 bits per heavy atom. The zero-order valence-corrected chi connectivity index (χ0v) is 15.8. The summed E-state index contributed by atoms with van der Waals surface area (Å²) in [6, 6.07) is 3.90. The molecular formula is C17H25ClF2N2OS.